The van der Waals surface area contributed by atoms with Gasteiger partial charge < -0.3 is 9.63 Å². The first-order valence-electron chi connectivity index (χ1n) is 5.93. The summed E-state index contributed by atoms with van der Waals surface area (Å²) in [7, 11) is 0. The molecule has 1 aliphatic rings. The normalized spacial score (nSPS) is 26.0. The second kappa shape index (κ2) is 4.49. The summed E-state index contributed by atoms with van der Waals surface area (Å²) in [5.74, 6) is -0.0229. The molecular weight excluding hydrogens is 220 g/mol. The van der Waals surface area contributed by atoms with E-state index in [2.05, 4.69) is 5.16 Å². The zero-order valence-electron chi connectivity index (χ0n) is 10.3. The highest BCUT2D eigenvalue weighted by Gasteiger charge is 2.41. The topological polar surface area (TPSA) is 66.6 Å². The Morgan fingerprint density at radius 2 is 2.41 bits per heavy atom. The van der Waals surface area contributed by atoms with Crippen LogP contribution in [0.5, 0.6) is 0 Å². The van der Waals surface area contributed by atoms with Gasteiger partial charge in [-0.2, -0.15) is 0 Å². The maximum Gasteiger partial charge on any atom is 0.323 e. The minimum atomic E-state index is -0.779. The SMILES string of the molecule is Cc1cc(CN2CCCCC2(C)C(=O)O)on1. The summed E-state index contributed by atoms with van der Waals surface area (Å²) in [5.41, 5.74) is 0.0490. The summed E-state index contributed by atoms with van der Waals surface area (Å²) in [6.07, 6.45) is 2.69. The summed E-state index contributed by atoms with van der Waals surface area (Å²) in [4.78, 5) is 13.4. The highest BCUT2D eigenvalue weighted by Crippen LogP contribution is 2.29. The van der Waals surface area contributed by atoms with Crippen molar-refractivity contribution < 1.29 is 14.4 Å². The van der Waals surface area contributed by atoms with Crippen molar-refractivity contribution >= 4 is 5.97 Å². The molecule has 1 fully saturated rings. The van der Waals surface area contributed by atoms with Crippen LogP contribution in [-0.2, 0) is 11.3 Å². The number of carbonyl (C=O) groups is 1. The van der Waals surface area contributed by atoms with Crippen LogP contribution in [0.1, 0.15) is 37.6 Å². The van der Waals surface area contributed by atoms with Gasteiger partial charge in [-0.1, -0.05) is 5.16 Å². The van der Waals surface area contributed by atoms with Crippen LogP contribution in [-0.4, -0.2) is 33.2 Å². The standard InChI is InChI=1S/C12H18N2O3/c1-9-7-10(17-13-9)8-14-6-4-3-5-12(14,2)11(15)16/h7H,3-6,8H2,1-2H3,(H,15,16). The molecule has 1 unspecified atom stereocenters. The molecule has 5 nitrogen and oxygen atoms in total. The van der Waals surface area contributed by atoms with E-state index in [0.717, 1.165) is 30.8 Å². The van der Waals surface area contributed by atoms with Crippen molar-refractivity contribution in [3.8, 4) is 0 Å². The summed E-state index contributed by atoms with van der Waals surface area (Å²) in [6.45, 7) is 4.96. The Morgan fingerprint density at radius 1 is 1.65 bits per heavy atom. The van der Waals surface area contributed by atoms with Gasteiger partial charge in [-0.3, -0.25) is 9.69 Å². The number of nitrogens with zero attached hydrogens (tertiary/aromatic N) is 2. The molecule has 1 saturated heterocycles. The van der Waals surface area contributed by atoms with Crippen LogP contribution in [0.4, 0.5) is 0 Å². The fourth-order valence-electron chi connectivity index (χ4n) is 2.35. The number of rotatable bonds is 3. The summed E-state index contributed by atoms with van der Waals surface area (Å²) in [5, 5.41) is 13.2. The van der Waals surface area contributed by atoms with Gasteiger partial charge in [-0.15, -0.1) is 0 Å². The maximum absolute atomic E-state index is 11.4. The van der Waals surface area contributed by atoms with Gasteiger partial charge in [0, 0.05) is 6.07 Å². The first kappa shape index (κ1) is 12.1. The Labute approximate surface area is 100 Å². The van der Waals surface area contributed by atoms with Crippen molar-refractivity contribution in [1.82, 2.24) is 10.1 Å². The molecule has 1 atom stereocenters. The molecule has 1 aliphatic heterocycles. The average Bonchev–Trinajstić information content (AvgIpc) is 2.67. The molecular formula is C12H18N2O3. The largest absolute Gasteiger partial charge is 0.480 e. The van der Waals surface area contributed by atoms with Gasteiger partial charge in [-0.05, 0) is 39.7 Å². The Hall–Kier alpha value is -1.36. The first-order chi connectivity index (χ1) is 8.02. The third kappa shape index (κ3) is 2.34. The Balaban J connectivity index is 2.14. The zero-order valence-corrected chi connectivity index (χ0v) is 10.3. The van der Waals surface area contributed by atoms with Crippen LogP contribution >= 0.6 is 0 Å². The molecule has 0 saturated carbocycles. The van der Waals surface area contributed by atoms with E-state index in [-0.39, 0.29) is 0 Å². The minimum Gasteiger partial charge on any atom is -0.480 e. The number of hydrogen-bond acceptors (Lipinski definition) is 4. The monoisotopic (exact) mass is 238 g/mol. The maximum atomic E-state index is 11.4. The first-order valence-corrected chi connectivity index (χ1v) is 5.93. The molecule has 2 heterocycles. The number of aromatic nitrogens is 1. The highest BCUT2D eigenvalue weighted by molar-refractivity contribution is 5.78. The van der Waals surface area contributed by atoms with E-state index < -0.39 is 11.5 Å². The molecule has 0 aromatic carbocycles. The van der Waals surface area contributed by atoms with Gasteiger partial charge in [0.1, 0.15) is 5.54 Å². The molecule has 0 spiro atoms. The van der Waals surface area contributed by atoms with E-state index in [1.54, 1.807) is 6.92 Å². The van der Waals surface area contributed by atoms with E-state index in [0.29, 0.717) is 13.0 Å². The fraction of sp³-hybridized carbons (Fsp3) is 0.667. The second-order valence-electron chi connectivity index (χ2n) is 4.89. The number of carboxylic acid groups (broad SMARTS) is 1. The average molecular weight is 238 g/mol. The smallest absolute Gasteiger partial charge is 0.323 e. The second-order valence-corrected chi connectivity index (χ2v) is 4.89. The number of likely N-dealkylation sites (tertiary alicyclic amines) is 1. The lowest BCUT2D eigenvalue weighted by molar-refractivity contribution is -0.153. The summed E-state index contributed by atoms with van der Waals surface area (Å²) in [6, 6.07) is 1.86. The van der Waals surface area contributed by atoms with Crippen LogP contribution in [0.3, 0.4) is 0 Å². The third-order valence-electron chi connectivity index (χ3n) is 3.52. The molecule has 1 aromatic heterocycles. The van der Waals surface area contributed by atoms with Gasteiger partial charge >= 0.3 is 5.97 Å². The number of aryl methyl sites for hydroxylation is 1. The van der Waals surface area contributed by atoms with Crippen molar-refractivity contribution in [2.45, 2.75) is 45.2 Å². The summed E-state index contributed by atoms with van der Waals surface area (Å²) < 4.78 is 5.16. The van der Waals surface area contributed by atoms with Crippen molar-refractivity contribution in [3.63, 3.8) is 0 Å². The molecule has 0 bridgehead atoms. The predicted molar refractivity (Wildman–Crippen MR) is 61.5 cm³/mol. The Kier molecular flexibility index (Phi) is 3.19. The third-order valence-corrected chi connectivity index (χ3v) is 3.52. The van der Waals surface area contributed by atoms with E-state index >= 15 is 0 Å². The molecule has 17 heavy (non-hydrogen) atoms. The van der Waals surface area contributed by atoms with Crippen LogP contribution < -0.4 is 0 Å². The Bertz CT molecular complexity index is 416. The fourth-order valence-corrected chi connectivity index (χ4v) is 2.35. The molecule has 94 valence electrons. The number of hydrogen-bond donors (Lipinski definition) is 1. The van der Waals surface area contributed by atoms with Crippen LogP contribution in [0, 0.1) is 6.92 Å². The molecule has 1 aromatic rings. The van der Waals surface area contributed by atoms with Gasteiger partial charge in [0.2, 0.25) is 0 Å². The lowest BCUT2D eigenvalue weighted by Crippen LogP contribution is -2.54. The van der Waals surface area contributed by atoms with E-state index in [9.17, 15) is 9.90 Å². The quantitative estimate of drug-likeness (QED) is 0.870. The van der Waals surface area contributed by atoms with Crippen molar-refractivity contribution in [2.75, 3.05) is 6.54 Å². The van der Waals surface area contributed by atoms with Gasteiger partial charge in [-0.25, -0.2) is 0 Å². The molecule has 0 radical (unpaired) electrons. The number of aliphatic carboxylic acids is 1. The molecule has 5 heteroatoms. The van der Waals surface area contributed by atoms with Gasteiger partial charge in [0.25, 0.3) is 0 Å². The van der Waals surface area contributed by atoms with E-state index in [1.165, 1.54) is 0 Å². The molecule has 1 N–H and O–H groups in total. The van der Waals surface area contributed by atoms with E-state index in [4.69, 9.17) is 4.52 Å². The van der Waals surface area contributed by atoms with E-state index in [1.807, 2.05) is 17.9 Å². The highest BCUT2D eigenvalue weighted by atomic mass is 16.5. The molecule has 0 amide bonds. The number of piperidine rings is 1. The number of carboxylic acids is 1. The van der Waals surface area contributed by atoms with Crippen molar-refractivity contribution in [2.24, 2.45) is 0 Å². The van der Waals surface area contributed by atoms with Gasteiger partial charge in [0.15, 0.2) is 5.76 Å². The summed E-state index contributed by atoms with van der Waals surface area (Å²) >= 11 is 0. The van der Waals surface area contributed by atoms with Crippen LogP contribution in [0.15, 0.2) is 10.6 Å². The lowest BCUT2D eigenvalue weighted by Gasteiger charge is -2.40. The zero-order chi connectivity index (χ0) is 12.5. The van der Waals surface area contributed by atoms with Crippen LogP contribution in [0.25, 0.3) is 0 Å². The molecule has 2 rings (SSSR count). The predicted octanol–water partition coefficient (Wildman–Crippen LogP) is 1.81. The lowest BCUT2D eigenvalue weighted by atomic mass is 9.88. The molecule has 0 aliphatic carbocycles. The van der Waals surface area contributed by atoms with Crippen LogP contribution in [0.2, 0.25) is 0 Å². The minimum absolute atomic E-state index is 0.518. The van der Waals surface area contributed by atoms with Crippen molar-refractivity contribution in [1.29, 1.82) is 0 Å². The van der Waals surface area contributed by atoms with Crippen molar-refractivity contribution in [3.05, 3.63) is 17.5 Å². The van der Waals surface area contributed by atoms with Gasteiger partial charge in [0.05, 0.1) is 12.2 Å². The Morgan fingerprint density at radius 3 is 3.00 bits per heavy atom.